The molecule has 3 amide bonds. The van der Waals surface area contributed by atoms with E-state index in [9.17, 15) is 9.59 Å². The highest BCUT2D eigenvalue weighted by Gasteiger charge is 2.09. The molecular formula is C18H23N3O4. The van der Waals surface area contributed by atoms with E-state index in [0.717, 1.165) is 12.0 Å². The van der Waals surface area contributed by atoms with Gasteiger partial charge in [-0.3, -0.25) is 4.79 Å². The Bertz CT molecular complexity index is 668. The zero-order valence-corrected chi connectivity index (χ0v) is 14.5. The van der Waals surface area contributed by atoms with Crippen molar-refractivity contribution in [3.8, 4) is 0 Å². The lowest BCUT2D eigenvalue weighted by Crippen LogP contribution is -2.37. The van der Waals surface area contributed by atoms with Gasteiger partial charge in [-0.2, -0.15) is 0 Å². The quantitative estimate of drug-likeness (QED) is 0.721. The van der Waals surface area contributed by atoms with E-state index in [2.05, 4.69) is 10.6 Å². The molecule has 2 N–H and O–H groups in total. The number of urea groups is 1. The molecule has 7 heteroatoms. The van der Waals surface area contributed by atoms with E-state index in [1.807, 2.05) is 12.1 Å². The number of methoxy groups -OCH3 is 1. The molecule has 1 heterocycles. The van der Waals surface area contributed by atoms with Crippen LogP contribution in [-0.4, -0.2) is 44.1 Å². The van der Waals surface area contributed by atoms with Crippen LogP contribution in [0.2, 0.25) is 0 Å². The van der Waals surface area contributed by atoms with Crippen LogP contribution in [0.25, 0.3) is 0 Å². The molecule has 0 unspecified atom stereocenters. The van der Waals surface area contributed by atoms with Crippen LogP contribution in [0.5, 0.6) is 0 Å². The monoisotopic (exact) mass is 345 g/mol. The van der Waals surface area contributed by atoms with Crippen LogP contribution in [0.1, 0.15) is 22.5 Å². The summed E-state index contributed by atoms with van der Waals surface area (Å²) in [6, 6.07) is 10.4. The Balaban J connectivity index is 1.78. The van der Waals surface area contributed by atoms with Gasteiger partial charge in [-0.1, -0.05) is 12.1 Å². The zero-order valence-electron chi connectivity index (χ0n) is 14.5. The predicted octanol–water partition coefficient (Wildman–Crippen LogP) is 2.71. The number of ether oxygens (including phenoxy) is 1. The van der Waals surface area contributed by atoms with Crippen LogP contribution in [0.4, 0.5) is 10.5 Å². The molecule has 0 saturated carbocycles. The Hall–Kier alpha value is -2.80. The third-order valence-corrected chi connectivity index (χ3v) is 3.59. The molecule has 1 aromatic heterocycles. The van der Waals surface area contributed by atoms with E-state index >= 15 is 0 Å². The van der Waals surface area contributed by atoms with Crippen molar-refractivity contribution in [1.29, 1.82) is 0 Å². The van der Waals surface area contributed by atoms with Gasteiger partial charge in [0.05, 0.1) is 6.26 Å². The molecule has 7 nitrogen and oxygen atoms in total. The SMILES string of the molecule is COCCCN(C)C(=O)NCc1ccc(NC(=O)c2ccco2)cc1. The van der Waals surface area contributed by atoms with E-state index < -0.39 is 0 Å². The molecule has 0 spiro atoms. The van der Waals surface area contributed by atoms with E-state index in [-0.39, 0.29) is 17.7 Å². The van der Waals surface area contributed by atoms with Crippen molar-refractivity contribution in [2.24, 2.45) is 0 Å². The standard InChI is InChI=1S/C18H23N3O4/c1-21(10-4-11-24-2)18(23)19-13-14-6-8-15(9-7-14)20-17(22)16-5-3-12-25-16/h3,5-9,12H,4,10-11,13H2,1-2H3,(H,19,23)(H,20,22). The maximum atomic E-state index is 12.0. The summed E-state index contributed by atoms with van der Waals surface area (Å²) in [6.45, 7) is 1.68. The summed E-state index contributed by atoms with van der Waals surface area (Å²) in [6.07, 6.45) is 2.25. The summed E-state index contributed by atoms with van der Waals surface area (Å²) in [5.41, 5.74) is 1.60. The van der Waals surface area contributed by atoms with Crippen molar-refractivity contribution < 1.29 is 18.7 Å². The molecule has 0 aliphatic carbocycles. The van der Waals surface area contributed by atoms with Crippen molar-refractivity contribution in [2.75, 3.05) is 32.6 Å². The van der Waals surface area contributed by atoms with Crippen molar-refractivity contribution in [2.45, 2.75) is 13.0 Å². The molecule has 2 aromatic rings. The first-order valence-electron chi connectivity index (χ1n) is 8.02. The molecule has 0 atom stereocenters. The normalized spacial score (nSPS) is 10.3. The first-order chi connectivity index (χ1) is 12.1. The Morgan fingerprint density at radius 3 is 2.60 bits per heavy atom. The van der Waals surface area contributed by atoms with Crippen molar-refractivity contribution in [1.82, 2.24) is 10.2 Å². The van der Waals surface area contributed by atoms with Gasteiger partial charge < -0.3 is 24.7 Å². The number of rotatable bonds is 8. The summed E-state index contributed by atoms with van der Waals surface area (Å²) >= 11 is 0. The molecule has 1 aromatic carbocycles. The fourth-order valence-electron chi connectivity index (χ4n) is 2.17. The topological polar surface area (TPSA) is 83.8 Å². The van der Waals surface area contributed by atoms with Crippen LogP contribution in [0.15, 0.2) is 47.1 Å². The van der Waals surface area contributed by atoms with Gasteiger partial charge in [0.15, 0.2) is 5.76 Å². The van der Waals surface area contributed by atoms with Crippen LogP contribution in [0.3, 0.4) is 0 Å². The lowest BCUT2D eigenvalue weighted by atomic mass is 10.2. The van der Waals surface area contributed by atoms with E-state index in [4.69, 9.17) is 9.15 Å². The number of anilines is 1. The number of hydrogen-bond donors (Lipinski definition) is 2. The zero-order chi connectivity index (χ0) is 18.1. The third kappa shape index (κ3) is 5.96. The highest BCUT2D eigenvalue weighted by Crippen LogP contribution is 2.12. The summed E-state index contributed by atoms with van der Waals surface area (Å²) in [4.78, 5) is 25.5. The Labute approximate surface area is 146 Å². The molecule has 134 valence electrons. The summed E-state index contributed by atoms with van der Waals surface area (Å²) in [5.74, 6) is -0.0448. The number of amides is 3. The van der Waals surface area contributed by atoms with Crippen LogP contribution >= 0.6 is 0 Å². The average Bonchev–Trinajstić information content (AvgIpc) is 3.15. The van der Waals surface area contributed by atoms with Gasteiger partial charge in [-0.25, -0.2) is 4.79 Å². The number of nitrogens with one attached hydrogen (secondary N) is 2. The van der Waals surface area contributed by atoms with Crippen LogP contribution in [0, 0.1) is 0 Å². The highest BCUT2D eigenvalue weighted by molar-refractivity contribution is 6.02. The Morgan fingerprint density at radius 1 is 1.20 bits per heavy atom. The molecule has 0 aliphatic heterocycles. The van der Waals surface area contributed by atoms with Gasteiger partial charge in [0.25, 0.3) is 5.91 Å². The first-order valence-corrected chi connectivity index (χ1v) is 8.02. The summed E-state index contributed by atoms with van der Waals surface area (Å²) < 4.78 is 10.0. The second-order valence-electron chi connectivity index (χ2n) is 5.55. The van der Waals surface area contributed by atoms with Gasteiger partial charge in [0.1, 0.15) is 0 Å². The minimum Gasteiger partial charge on any atom is -0.459 e. The maximum Gasteiger partial charge on any atom is 0.317 e. The number of benzene rings is 1. The molecule has 0 saturated heterocycles. The summed E-state index contributed by atoms with van der Waals surface area (Å²) in [7, 11) is 3.39. The van der Waals surface area contributed by atoms with Gasteiger partial charge in [0, 0.05) is 39.5 Å². The van der Waals surface area contributed by atoms with Gasteiger partial charge >= 0.3 is 6.03 Å². The molecule has 0 aliphatic rings. The van der Waals surface area contributed by atoms with Crippen LogP contribution in [-0.2, 0) is 11.3 Å². The minimum absolute atomic E-state index is 0.133. The minimum atomic E-state index is -0.302. The molecule has 25 heavy (non-hydrogen) atoms. The molecule has 2 rings (SSSR count). The number of carbonyl (C=O) groups is 2. The van der Waals surface area contributed by atoms with E-state index in [0.29, 0.717) is 25.4 Å². The number of carbonyl (C=O) groups excluding carboxylic acids is 2. The summed E-state index contributed by atoms with van der Waals surface area (Å²) in [5, 5.41) is 5.60. The molecule has 0 radical (unpaired) electrons. The number of nitrogens with zero attached hydrogens (tertiary/aromatic N) is 1. The highest BCUT2D eigenvalue weighted by atomic mass is 16.5. The third-order valence-electron chi connectivity index (χ3n) is 3.59. The predicted molar refractivity (Wildman–Crippen MR) is 94.5 cm³/mol. The fraction of sp³-hybridized carbons (Fsp3) is 0.333. The van der Waals surface area contributed by atoms with E-state index in [1.54, 1.807) is 43.3 Å². The maximum absolute atomic E-state index is 12.0. The molecule has 0 fully saturated rings. The Kier molecular flexibility index (Phi) is 7.03. The van der Waals surface area contributed by atoms with Gasteiger partial charge in [-0.15, -0.1) is 0 Å². The molecule has 0 bridgehead atoms. The Morgan fingerprint density at radius 2 is 1.96 bits per heavy atom. The van der Waals surface area contributed by atoms with Crippen molar-refractivity contribution in [3.63, 3.8) is 0 Å². The second-order valence-corrected chi connectivity index (χ2v) is 5.55. The van der Waals surface area contributed by atoms with Gasteiger partial charge in [0.2, 0.25) is 0 Å². The first kappa shape index (κ1) is 18.5. The fourth-order valence-corrected chi connectivity index (χ4v) is 2.17. The van der Waals surface area contributed by atoms with Gasteiger partial charge in [-0.05, 0) is 36.2 Å². The van der Waals surface area contributed by atoms with Crippen molar-refractivity contribution >= 4 is 17.6 Å². The lowest BCUT2D eigenvalue weighted by Gasteiger charge is -2.17. The van der Waals surface area contributed by atoms with E-state index in [1.165, 1.54) is 6.26 Å². The largest absolute Gasteiger partial charge is 0.459 e. The molecular weight excluding hydrogens is 322 g/mol. The smallest absolute Gasteiger partial charge is 0.317 e. The van der Waals surface area contributed by atoms with Crippen LogP contribution < -0.4 is 10.6 Å². The second kappa shape index (κ2) is 9.48. The van der Waals surface area contributed by atoms with Crippen molar-refractivity contribution in [3.05, 3.63) is 54.0 Å². The number of hydrogen-bond acceptors (Lipinski definition) is 4. The average molecular weight is 345 g/mol. The number of furan rings is 1. The lowest BCUT2D eigenvalue weighted by molar-refractivity contribution is 0.0996.